The van der Waals surface area contributed by atoms with Gasteiger partial charge in [-0.15, -0.1) is 11.8 Å². The number of hydrogen-bond acceptors (Lipinski definition) is 5. The van der Waals surface area contributed by atoms with E-state index >= 15 is 0 Å². The number of carbonyl (C=O) groups excluding carboxylic acids is 1. The first-order chi connectivity index (χ1) is 9.12. The summed E-state index contributed by atoms with van der Waals surface area (Å²) in [5, 5.41) is 0.244. The molecule has 1 unspecified atom stereocenters. The van der Waals surface area contributed by atoms with Gasteiger partial charge in [-0.2, -0.15) is 0 Å². The molecule has 0 saturated carbocycles. The molecule has 0 amide bonds. The Morgan fingerprint density at radius 3 is 2.68 bits per heavy atom. The van der Waals surface area contributed by atoms with Gasteiger partial charge in [-0.3, -0.25) is 0 Å². The number of esters is 1. The minimum Gasteiger partial charge on any atom is -0.463 e. The third-order valence-electron chi connectivity index (χ3n) is 3.08. The Bertz CT molecular complexity index is 388. The van der Waals surface area contributed by atoms with Crippen LogP contribution in [0.15, 0.2) is 16.5 Å². The summed E-state index contributed by atoms with van der Waals surface area (Å²) >= 11 is 1.83. The van der Waals surface area contributed by atoms with Crippen LogP contribution in [-0.2, 0) is 4.74 Å². The van der Waals surface area contributed by atoms with Crippen molar-refractivity contribution in [1.82, 2.24) is 4.90 Å². The van der Waals surface area contributed by atoms with E-state index in [4.69, 9.17) is 4.42 Å². The molecule has 0 aliphatic heterocycles. The van der Waals surface area contributed by atoms with E-state index in [9.17, 15) is 4.79 Å². The Morgan fingerprint density at radius 2 is 2.11 bits per heavy atom. The molecule has 5 heteroatoms. The molecule has 0 spiro atoms. The summed E-state index contributed by atoms with van der Waals surface area (Å²) in [7, 11) is 1.35. The van der Waals surface area contributed by atoms with Crippen LogP contribution in [-0.4, -0.2) is 43.4 Å². The van der Waals surface area contributed by atoms with Crippen LogP contribution in [0.3, 0.4) is 0 Å². The zero-order valence-corrected chi connectivity index (χ0v) is 13.0. The van der Waals surface area contributed by atoms with E-state index in [1.807, 2.05) is 17.8 Å². The van der Waals surface area contributed by atoms with Crippen molar-refractivity contribution < 1.29 is 13.9 Å². The monoisotopic (exact) mass is 285 g/mol. The summed E-state index contributed by atoms with van der Waals surface area (Å²) in [6.45, 7) is 9.68. The van der Waals surface area contributed by atoms with Gasteiger partial charge in [0.2, 0.25) is 5.76 Å². The smallest absolute Gasteiger partial charge is 0.373 e. The molecule has 0 N–H and O–H groups in total. The highest BCUT2D eigenvalue weighted by Gasteiger charge is 2.15. The lowest BCUT2D eigenvalue weighted by molar-refractivity contribution is 0.0563. The van der Waals surface area contributed by atoms with Gasteiger partial charge in [0.15, 0.2) is 0 Å². The second kappa shape index (κ2) is 8.27. The van der Waals surface area contributed by atoms with E-state index in [0.717, 1.165) is 31.1 Å². The average molecular weight is 285 g/mol. The molecule has 1 rings (SSSR count). The van der Waals surface area contributed by atoms with Crippen LogP contribution < -0.4 is 0 Å². The maximum atomic E-state index is 11.3. The number of ether oxygens (including phenoxy) is 1. The predicted octanol–water partition coefficient (Wildman–Crippen LogP) is 3.20. The van der Waals surface area contributed by atoms with Crippen LogP contribution in [0.5, 0.6) is 0 Å². The van der Waals surface area contributed by atoms with Gasteiger partial charge in [0.25, 0.3) is 0 Å². The van der Waals surface area contributed by atoms with Crippen molar-refractivity contribution in [3.63, 3.8) is 0 Å². The van der Waals surface area contributed by atoms with Gasteiger partial charge < -0.3 is 14.1 Å². The third kappa shape index (κ3) is 4.91. The lowest BCUT2D eigenvalue weighted by Gasteiger charge is -2.18. The second-order valence-electron chi connectivity index (χ2n) is 4.23. The maximum Gasteiger partial charge on any atom is 0.373 e. The first-order valence-corrected chi connectivity index (χ1v) is 7.69. The van der Waals surface area contributed by atoms with Crippen molar-refractivity contribution in [3.8, 4) is 0 Å². The van der Waals surface area contributed by atoms with Crippen LogP contribution in [0.4, 0.5) is 0 Å². The number of hydrogen-bond donors (Lipinski definition) is 0. The summed E-state index contributed by atoms with van der Waals surface area (Å²) in [4.78, 5) is 13.7. The number of furan rings is 1. The fourth-order valence-electron chi connectivity index (χ4n) is 1.76. The van der Waals surface area contributed by atoms with E-state index in [0.29, 0.717) is 0 Å². The highest BCUT2D eigenvalue weighted by atomic mass is 32.2. The first-order valence-electron chi connectivity index (χ1n) is 6.64. The molecule has 108 valence electrons. The molecule has 0 aromatic carbocycles. The van der Waals surface area contributed by atoms with Gasteiger partial charge in [-0.25, -0.2) is 4.79 Å². The summed E-state index contributed by atoms with van der Waals surface area (Å²) in [6.07, 6.45) is 0. The van der Waals surface area contributed by atoms with Gasteiger partial charge >= 0.3 is 5.97 Å². The highest BCUT2D eigenvalue weighted by Crippen LogP contribution is 2.29. The van der Waals surface area contributed by atoms with Crippen molar-refractivity contribution in [2.75, 3.05) is 32.5 Å². The van der Waals surface area contributed by atoms with Crippen LogP contribution in [0.25, 0.3) is 0 Å². The molecule has 0 saturated heterocycles. The van der Waals surface area contributed by atoms with E-state index in [1.165, 1.54) is 7.11 Å². The Morgan fingerprint density at radius 1 is 1.42 bits per heavy atom. The minimum atomic E-state index is -0.424. The van der Waals surface area contributed by atoms with Crippen molar-refractivity contribution in [3.05, 3.63) is 23.7 Å². The number of rotatable bonds is 8. The second-order valence-corrected chi connectivity index (χ2v) is 5.68. The molecule has 1 heterocycles. The molecule has 0 bridgehead atoms. The van der Waals surface area contributed by atoms with Crippen LogP contribution >= 0.6 is 11.8 Å². The quantitative estimate of drug-likeness (QED) is 0.686. The summed E-state index contributed by atoms with van der Waals surface area (Å²) < 4.78 is 10.1. The van der Waals surface area contributed by atoms with Gasteiger partial charge in [-0.05, 0) is 32.1 Å². The highest BCUT2D eigenvalue weighted by molar-refractivity contribution is 7.99. The molecule has 1 atom stereocenters. The van der Waals surface area contributed by atoms with Crippen molar-refractivity contribution >= 4 is 17.7 Å². The SMILES string of the molecule is CCN(CC)CCSC(C)c1ccc(C(=O)OC)o1. The molecular weight excluding hydrogens is 262 g/mol. The average Bonchev–Trinajstić information content (AvgIpc) is 2.92. The summed E-state index contributed by atoms with van der Waals surface area (Å²) in [5.74, 6) is 1.72. The Kier molecular flexibility index (Phi) is 7.02. The van der Waals surface area contributed by atoms with E-state index in [2.05, 4.69) is 30.4 Å². The predicted molar refractivity (Wildman–Crippen MR) is 78.7 cm³/mol. The standard InChI is InChI=1S/C14H23NO3S/c1-5-15(6-2)9-10-19-11(3)12-7-8-13(18-12)14(16)17-4/h7-8,11H,5-6,9-10H2,1-4H3. The van der Waals surface area contributed by atoms with Gasteiger partial charge in [0, 0.05) is 12.3 Å². The van der Waals surface area contributed by atoms with Crippen LogP contribution in [0, 0.1) is 0 Å². The molecule has 1 aromatic rings. The minimum absolute atomic E-state index is 0.244. The van der Waals surface area contributed by atoms with Crippen LogP contribution in [0.1, 0.15) is 42.3 Å². The van der Waals surface area contributed by atoms with Crippen molar-refractivity contribution in [1.29, 1.82) is 0 Å². The molecular formula is C14H23NO3S. The van der Waals surface area contributed by atoms with Gasteiger partial charge in [0.1, 0.15) is 5.76 Å². The normalized spacial score (nSPS) is 12.7. The van der Waals surface area contributed by atoms with Gasteiger partial charge in [0.05, 0.1) is 12.4 Å². The number of carbonyl (C=O) groups is 1. The molecule has 0 aliphatic rings. The van der Waals surface area contributed by atoms with Crippen molar-refractivity contribution in [2.24, 2.45) is 0 Å². The topological polar surface area (TPSA) is 42.7 Å². The zero-order chi connectivity index (χ0) is 14.3. The Balaban J connectivity index is 2.43. The van der Waals surface area contributed by atoms with E-state index < -0.39 is 5.97 Å². The van der Waals surface area contributed by atoms with Gasteiger partial charge in [-0.1, -0.05) is 13.8 Å². The molecule has 0 radical (unpaired) electrons. The fourth-order valence-corrected chi connectivity index (χ4v) is 2.77. The summed E-state index contributed by atoms with van der Waals surface area (Å²) in [5.41, 5.74) is 0. The Hall–Kier alpha value is -0.940. The van der Waals surface area contributed by atoms with E-state index in [1.54, 1.807) is 6.07 Å². The molecule has 19 heavy (non-hydrogen) atoms. The third-order valence-corrected chi connectivity index (χ3v) is 4.23. The molecule has 4 nitrogen and oxygen atoms in total. The van der Waals surface area contributed by atoms with E-state index in [-0.39, 0.29) is 11.0 Å². The maximum absolute atomic E-state index is 11.3. The van der Waals surface area contributed by atoms with Crippen LogP contribution in [0.2, 0.25) is 0 Å². The first kappa shape index (κ1) is 16.1. The lowest BCUT2D eigenvalue weighted by atomic mass is 10.3. The largest absolute Gasteiger partial charge is 0.463 e. The zero-order valence-electron chi connectivity index (χ0n) is 12.1. The lowest BCUT2D eigenvalue weighted by Crippen LogP contribution is -2.25. The molecule has 0 aliphatic carbocycles. The number of methoxy groups -OCH3 is 1. The van der Waals surface area contributed by atoms with Crippen molar-refractivity contribution in [2.45, 2.75) is 26.0 Å². The molecule has 0 fully saturated rings. The number of thioether (sulfide) groups is 1. The summed E-state index contributed by atoms with van der Waals surface area (Å²) in [6, 6.07) is 3.52. The molecule has 1 aromatic heterocycles. The number of nitrogens with zero attached hydrogens (tertiary/aromatic N) is 1. The Labute approximate surface area is 119 Å². The fraction of sp³-hybridized carbons (Fsp3) is 0.643.